The maximum atomic E-state index is 12.2. The maximum absolute atomic E-state index is 12.2. The number of amides is 2. The molecular weight excluding hydrogens is 400 g/mol. The van der Waals surface area contributed by atoms with E-state index in [1.165, 1.54) is 0 Å². The summed E-state index contributed by atoms with van der Waals surface area (Å²) in [5, 5.41) is 2.73. The van der Waals surface area contributed by atoms with E-state index in [0.717, 1.165) is 18.4 Å². The second-order valence-electron chi connectivity index (χ2n) is 9.30. The number of nitrogens with zero attached hydrogens (tertiary/aromatic N) is 1. The van der Waals surface area contributed by atoms with Gasteiger partial charge in [0.05, 0.1) is 13.2 Å². The first kappa shape index (κ1) is 23.3. The molecule has 1 N–H and O–H groups in total. The van der Waals surface area contributed by atoms with Gasteiger partial charge in [-0.05, 0) is 39.2 Å². The van der Waals surface area contributed by atoms with Gasteiger partial charge in [0.2, 0.25) is 0 Å². The van der Waals surface area contributed by atoms with E-state index >= 15 is 0 Å². The van der Waals surface area contributed by atoms with Crippen molar-refractivity contribution in [3.63, 3.8) is 0 Å². The fraction of sp³-hybridized carbons (Fsp3) is 0.652. The van der Waals surface area contributed by atoms with Crippen LogP contribution >= 0.6 is 0 Å². The highest BCUT2D eigenvalue weighted by atomic mass is 16.7. The van der Waals surface area contributed by atoms with E-state index in [4.69, 9.17) is 18.9 Å². The topological polar surface area (TPSA) is 86.3 Å². The number of hydrogen-bond donors (Lipinski definition) is 1. The Morgan fingerprint density at radius 1 is 1.13 bits per heavy atom. The molecule has 2 amide bonds. The van der Waals surface area contributed by atoms with Crippen molar-refractivity contribution >= 4 is 12.2 Å². The van der Waals surface area contributed by atoms with Crippen LogP contribution in [0.2, 0.25) is 0 Å². The lowest BCUT2D eigenvalue weighted by Gasteiger charge is -2.45. The molecule has 3 rings (SSSR count). The Bertz CT molecular complexity index is 715. The molecule has 0 atom stereocenters. The molecule has 0 aromatic heterocycles. The van der Waals surface area contributed by atoms with Crippen LogP contribution in [-0.2, 0) is 25.6 Å². The lowest BCUT2D eigenvalue weighted by atomic mass is 9.79. The molecule has 1 spiro atoms. The third-order valence-corrected chi connectivity index (χ3v) is 5.49. The number of hydrogen-bond acceptors (Lipinski definition) is 6. The quantitative estimate of drug-likeness (QED) is 0.761. The molecule has 2 aliphatic heterocycles. The average molecular weight is 435 g/mol. The van der Waals surface area contributed by atoms with Crippen molar-refractivity contribution < 1.29 is 28.5 Å². The summed E-state index contributed by atoms with van der Waals surface area (Å²) in [6, 6.07) is 9.54. The Hall–Kier alpha value is -2.32. The zero-order valence-corrected chi connectivity index (χ0v) is 18.7. The van der Waals surface area contributed by atoms with Crippen LogP contribution < -0.4 is 5.32 Å². The molecule has 2 aliphatic rings. The molecule has 8 nitrogen and oxygen atoms in total. The van der Waals surface area contributed by atoms with E-state index in [-0.39, 0.29) is 24.4 Å². The summed E-state index contributed by atoms with van der Waals surface area (Å²) >= 11 is 0. The zero-order valence-electron chi connectivity index (χ0n) is 18.7. The highest BCUT2D eigenvalue weighted by Gasteiger charge is 2.41. The van der Waals surface area contributed by atoms with Crippen molar-refractivity contribution in [1.29, 1.82) is 0 Å². The SMILES string of the molecule is CC(C)(C)OC(=O)N1CCC2(CC1)COC(CCNC(=O)OCc1ccccc1)OC2. The third kappa shape index (κ3) is 7.40. The summed E-state index contributed by atoms with van der Waals surface area (Å²) in [6.45, 7) is 8.74. The normalized spacial score (nSPS) is 19.1. The van der Waals surface area contributed by atoms with Crippen LogP contribution in [-0.4, -0.2) is 61.8 Å². The molecular formula is C23H34N2O6. The van der Waals surface area contributed by atoms with Crippen LogP contribution in [0.4, 0.5) is 9.59 Å². The number of carbonyl (C=O) groups is 2. The van der Waals surface area contributed by atoms with E-state index in [2.05, 4.69) is 5.32 Å². The van der Waals surface area contributed by atoms with Crippen LogP contribution in [0.5, 0.6) is 0 Å². The highest BCUT2D eigenvalue weighted by Crippen LogP contribution is 2.36. The highest BCUT2D eigenvalue weighted by molar-refractivity contribution is 5.68. The molecule has 31 heavy (non-hydrogen) atoms. The van der Waals surface area contributed by atoms with E-state index in [1.807, 2.05) is 51.1 Å². The molecule has 8 heteroatoms. The molecule has 2 heterocycles. The van der Waals surface area contributed by atoms with Crippen molar-refractivity contribution in [1.82, 2.24) is 10.2 Å². The standard InChI is InChI=1S/C23H34N2O6/c1-22(2,3)31-21(27)25-13-10-23(11-14-25)16-29-19(30-17-23)9-12-24-20(26)28-15-18-7-5-4-6-8-18/h4-8,19H,9-17H2,1-3H3,(H,24,26). The Kier molecular flexibility index (Phi) is 7.78. The number of benzene rings is 1. The van der Waals surface area contributed by atoms with Crippen molar-refractivity contribution in [2.75, 3.05) is 32.8 Å². The maximum Gasteiger partial charge on any atom is 0.410 e. The smallest absolute Gasteiger partial charge is 0.410 e. The fourth-order valence-corrected chi connectivity index (χ4v) is 3.64. The number of piperidine rings is 1. The minimum atomic E-state index is -0.488. The molecule has 1 aromatic rings. The molecule has 0 aliphatic carbocycles. The van der Waals surface area contributed by atoms with Crippen LogP contribution in [0.1, 0.15) is 45.6 Å². The molecule has 0 radical (unpaired) electrons. The molecule has 172 valence electrons. The van der Waals surface area contributed by atoms with Gasteiger partial charge in [-0.15, -0.1) is 0 Å². The van der Waals surface area contributed by atoms with Crippen LogP contribution in [0.25, 0.3) is 0 Å². The minimum Gasteiger partial charge on any atom is -0.445 e. The van der Waals surface area contributed by atoms with Gasteiger partial charge in [0.1, 0.15) is 12.2 Å². The summed E-state index contributed by atoms with van der Waals surface area (Å²) in [7, 11) is 0. The van der Waals surface area contributed by atoms with Gasteiger partial charge >= 0.3 is 12.2 Å². The van der Waals surface area contributed by atoms with Crippen molar-refractivity contribution in [3.8, 4) is 0 Å². The van der Waals surface area contributed by atoms with Gasteiger partial charge in [-0.3, -0.25) is 0 Å². The predicted molar refractivity (Wildman–Crippen MR) is 114 cm³/mol. The summed E-state index contributed by atoms with van der Waals surface area (Å²) in [5.74, 6) is 0. The first-order chi connectivity index (χ1) is 14.7. The fourth-order valence-electron chi connectivity index (χ4n) is 3.64. The van der Waals surface area contributed by atoms with Gasteiger partial charge in [-0.25, -0.2) is 9.59 Å². The summed E-state index contributed by atoms with van der Waals surface area (Å²) < 4.78 is 22.5. The number of rotatable bonds is 5. The molecule has 0 saturated carbocycles. The van der Waals surface area contributed by atoms with Crippen LogP contribution in [0.3, 0.4) is 0 Å². The van der Waals surface area contributed by atoms with Crippen molar-refractivity contribution in [2.24, 2.45) is 5.41 Å². The van der Waals surface area contributed by atoms with Crippen molar-refractivity contribution in [2.45, 2.75) is 58.5 Å². The van der Waals surface area contributed by atoms with Crippen LogP contribution in [0, 0.1) is 5.41 Å². The minimum absolute atomic E-state index is 0.0585. The first-order valence-electron chi connectivity index (χ1n) is 10.9. The van der Waals surface area contributed by atoms with E-state index in [1.54, 1.807) is 4.90 Å². The van der Waals surface area contributed by atoms with Gasteiger partial charge in [0.25, 0.3) is 0 Å². The van der Waals surface area contributed by atoms with Gasteiger partial charge in [0, 0.05) is 31.5 Å². The Labute approximate surface area is 184 Å². The van der Waals surface area contributed by atoms with Crippen LogP contribution in [0.15, 0.2) is 30.3 Å². The van der Waals surface area contributed by atoms with Crippen molar-refractivity contribution in [3.05, 3.63) is 35.9 Å². The number of likely N-dealkylation sites (tertiary alicyclic amines) is 1. The van der Waals surface area contributed by atoms with Gasteiger partial charge in [-0.1, -0.05) is 30.3 Å². The number of nitrogens with one attached hydrogen (secondary N) is 1. The number of carbonyl (C=O) groups excluding carboxylic acids is 2. The lowest BCUT2D eigenvalue weighted by Crippen LogP contribution is -2.51. The van der Waals surface area contributed by atoms with Gasteiger partial charge in [-0.2, -0.15) is 0 Å². The third-order valence-electron chi connectivity index (χ3n) is 5.49. The number of ether oxygens (including phenoxy) is 4. The lowest BCUT2D eigenvalue weighted by molar-refractivity contribution is -0.238. The number of alkyl carbamates (subject to hydrolysis) is 1. The Morgan fingerprint density at radius 3 is 2.39 bits per heavy atom. The Balaban J connectivity index is 1.30. The molecule has 1 aromatic carbocycles. The molecule has 0 bridgehead atoms. The molecule has 2 saturated heterocycles. The summed E-state index contributed by atoms with van der Waals surface area (Å²) in [4.78, 5) is 25.8. The molecule has 0 unspecified atom stereocenters. The van der Waals surface area contributed by atoms with Gasteiger partial charge < -0.3 is 29.2 Å². The van der Waals surface area contributed by atoms with E-state index in [9.17, 15) is 9.59 Å². The predicted octanol–water partition coefficient (Wildman–Crippen LogP) is 3.69. The summed E-state index contributed by atoms with van der Waals surface area (Å²) in [5.41, 5.74) is 0.398. The van der Waals surface area contributed by atoms with Gasteiger partial charge in [0.15, 0.2) is 6.29 Å². The summed E-state index contributed by atoms with van der Waals surface area (Å²) in [6.07, 6.45) is 1.14. The monoisotopic (exact) mass is 434 g/mol. The largest absolute Gasteiger partial charge is 0.445 e. The molecule has 2 fully saturated rings. The first-order valence-corrected chi connectivity index (χ1v) is 10.9. The second-order valence-corrected chi connectivity index (χ2v) is 9.30. The average Bonchev–Trinajstić information content (AvgIpc) is 2.74. The Morgan fingerprint density at radius 2 is 1.77 bits per heavy atom. The van der Waals surface area contributed by atoms with E-state index in [0.29, 0.717) is 39.3 Å². The second kappa shape index (κ2) is 10.3. The zero-order chi connectivity index (χ0) is 22.3. The van der Waals surface area contributed by atoms with E-state index < -0.39 is 11.7 Å².